The molecule has 0 saturated carbocycles. The lowest BCUT2D eigenvalue weighted by molar-refractivity contribution is -0.118. The molecular weight excluding hydrogens is 436 g/mol. The summed E-state index contributed by atoms with van der Waals surface area (Å²) in [7, 11) is 2.15. The summed E-state index contributed by atoms with van der Waals surface area (Å²) in [6, 6.07) is 15.9. The number of aliphatic imine (C=N–C) groups is 1. The Kier molecular flexibility index (Phi) is 6.34. The van der Waals surface area contributed by atoms with Crippen LogP contribution in [0.5, 0.6) is 0 Å². The van der Waals surface area contributed by atoms with Gasteiger partial charge in [-0.05, 0) is 49.7 Å². The largest absolute Gasteiger partial charge is 0.370 e. The summed E-state index contributed by atoms with van der Waals surface area (Å²) < 4.78 is 6.67. The van der Waals surface area contributed by atoms with Gasteiger partial charge < -0.3 is 25.7 Å². The van der Waals surface area contributed by atoms with E-state index in [1.54, 1.807) is 11.8 Å². The first kappa shape index (κ1) is 21.9. The molecule has 2 aliphatic heterocycles. The predicted molar refractivity (Wildman–Crippen MR) is 130 cm³/mol. The van der Waals surface area contributed by atoms with Gasteiger partial charge in [-0.2, -0.15) is 4.99 Å². The molecule has 2 atom stereocenters. The molecule has 4 N–H and O–H groups in total. The molecule has 0 radical (unpaired) electrons. The molecule has 172 valence electrons. The van der Waals surface area contributed by atoms with Crippen LogP contribution in [0, 0.1) is 0 Å². The number of hydrogen-bond donors (Lipinski definition) is 3. The Hall–Kier alpha value is -2.88. The molecule has 2 aromatic carbocycles. The van der Waals surface area contributed by atoms with Crippen molar-refractivity contribution in [3.8, 4) is 0 Å². The van der Waals surface area contributed by atoms with E-state index in [0.717, 1.165) is 53.2 Å². The number of aromatic nitrogens is 2. The number of H-pyrrole nitrogens is 1. The third-order valence-corrected chi connectivity index (χ3v) is 7.17. The SMILES string of the molecule is CN1CCC(OC(c2cccc(SCC3NC(N)=NC3=O)c2)c2nc3ccccc3[nH]2)CC1. The van der Waals surface area contributed by atoms with E-state index in [4.69, 9.17) is 15.5 Å². The monoisotopic (exact) mass is 464 g/mol. The van der Waals surface area contributed by atoms with Crippen LogP contribution < -0.4 is 11.1 Å². The number of nitrogens with one attached hydrogen (secondary N) is 2. The third kappa shape index (κ3) is 5.05. The summed E-state index contributed by atoms with van der Waals surface area (Å²) in [5, 5.41) is 2.92. The first-order valence-corrected chi connectivity index (χ1v) is 12.2. The fraction of sp³-hybridized carbons (Fsp3) is 0.375. The van der Waals surface area contributed by atoms with Gasteiger partial charge in [0.15, 0.2) is 5.96 Å². The zero-order chi connectivity index (χ0) is 22.8. The third-order valence-electron chi connectivity index (χ3n) is 6.08. The van der Waals surface area contributed by atoms with Crippen molar-refractivity contribution in [1.82, 2.24) is 20.2 Å². The fourth-order valence-electron chi connectivity index (χ4n) is 4.24. The highest BCUT2D eigenvalue weighted by molar-refractivity contribution is 7.99. The molecule has 3 heterocycles. The Labute approximate surface area is 197 Å². The summed E-state index contributed by atoms with van der Waals surface area (Å²) in [5.74, 6) is 1.33. The first-order chi connectivity index (χ1) is 16.0. The first-order valence-electron chi connectivity index (χ1n) is 11.2. The number of amides is 1. The van der Waals surface area contributed by atoms with E-state index < -0.39 is 0 Å². The number of rotatable bonds is 7. The minimum Gasteiger partial charge on any atom is -0.370 e. The van der Waals surface area contributed by atoms with Gasteiger partial charge in [0.2, 0.25) is 0 Å². The minimum absolute atomic E-state index is 0.177. The zero-order valence-electron chi connectivity index (χ0n) is 18.5. The van der Waals surface area contributed by atoms with Crippen molar-refractivity contribution in [2.24, 2.45) is 10.7 Å². The van der Waals surface area contributed by atoms with E-state index in [2.05, 4.69) is 39.4 Å². The maximum atomic E-state index is 11.9. The molecule has 2 unspecified atom stereocenters. The molecule has 9 heteroatoms. The molecule has 0 bridgehead atoms. The van der Waals surface area contributed by atoms with Crippen molar-refractivity contribution in [3.05, 3.63) is 59.9 Å². The number of thioether (sulfide) groups is 1. The summed E-state index contributed by atoms with van der Waals surface area (Å²) >= 11 is 1.60. The van der Waals surface area contributed by atoms with Crippen LogP contribution in [0.2, 0.25) is 0 Å². The van der Waals surface area contributed by atoms with E-state index in [1.165, 1.54) is 0 Å². The minimum atomic E-state index is -0.389. The number of hydrogen-bond acceptors (Lipinski definition) is 7. The molecule has 1 fully saturated rings. The number of likely N-dealkylation sites (tertiary alicyclic amines) is 1. The Morgan fingerprint density at radius 2 is 2.03 bits per heavy atom. The zero-order valence-corrected chi connectivity index (χ0v) is 19.3. The lowest BCUT2D eigenvalue weighted by atomic mass is 10.1. The number of aromatic amines is 1. The number of piperidine rings is 1. The highest BCUT2D eigenvalue weighted by Crippen LogP contribution is 2.32. The van der Waals surface area contributed by atoms with Gasteiger partial charge in [0, 0.05) is 23.7 Å². The lowest BCUT2D eigenvalue weighted by Crippen LogP contribution is -2.38. The van der Waals surface area contributed by atoms with Gasteiger partial charge >= 0.3 is 0 Å². The summed E-state index contributed by atoms with van der Waals surface area (Å²) in [5.41, 5.74) is 8.59. The van der Waals surface area contributed by atoms with Crippen LogP contribution in [0.1, 0.15) is 30.3 Å². The van der Waals surface area contributed by atoms with Gasteiger partial charge in [0.25, 0.3) is 5.91 Å². The molecule has 5 rings (SSSR count). The van der Waals surface area contributed by atoms with Crippen molar-refractivity contribution >= 4 is 34.7 Å². The van der Waals surface area contributed by atoms with Crippen molar-refractivity contribution in [2.45, 2.75) is 36.0 Å². The van der Waals surface area contributed by atoms with Crippen LogP contribution in [-0.4, -0.2) is 64.8 Å². The van der Waals surface area contributed by atoms with Crippen LogP contribution in [0.3, 0.4) is 0 Å². The van der Waals surface area contributed by atoms with E-state index in [0.29, 0.717) is 5.75 Å². The van der Waals surface area contributed by atoms with E-state index >= 15 is 0 Å². The second kappa shape index (κ2) is 9.54. The molecule has 1 aromatic heterocycles. The van der Waals surface area contributed by atoms with Gasteiger partial charge in [-0.25, -0.2) is 4.98 Å². The van der Waals surface area contributed by atoms with E-state index in [1.807, 2.05) is 36.4 Å². The van der Waals surface area contributed by atoms with Crippen molar-refractivity contribution < 1.29 is 9.53 Å². The molecule has 3 aromatic rings. The highest BCUT2D eigenvalue weighted by Gasteiger charge is 2.27. The number of imidazole rings is 1. The number of carbonyl (C=O) groups is 1. The van der Waals surface area contributed by atoms with Crippen LogP contribution in [0.4, 0.5) is 0 Å². The molecule has 1 saturated heterocycles. The molecule has 33 heavy (non-hydrogen) atoms. The van der Waals surface area contributed by atoms with Gasteiger partial charge in [0.05, 0.1) is 17.1 Å². The molecule has 0 aliphatic carbocycles. The molecule has 2 aliphatic rings. The maximum Gasteiger partial charge on any atom is 0.272 e. The van der Waals surface area contributed by atoms with Crippen molar-refractivity contribution in [3.63, 3.8) is 0 Å². The van der Waals surface area contributed by atoms with Crippen LogP contribution in [0.15, 0.2) is 58.4 Å². The van der Waals surface area contributed by atoms with Crippen LogP contribution in [0.25, 0.3) is 11.0 Å². The summed E-state index contributed by atoms with van der Waals surface area (Å²) in [6.07, 6.45) is 1.88. The number of guanidine groups is 1. The average molecular weight is 465 g/mol. The van der Waals surface area contributed by atoms with E-state index in [-0.39, 0.29) is 30.1 Å². The van der Waals surface area contributed by atoms with Gasteiger partial charge in [-0.3, -0.25) is 4.79 Å². The molecule has 1 amide bonds. The number of benzene rings is 2. The van der Waals surface area contributed by atoms with E-state index in [9.17, 15) is 4.79 Å². The number of ether oxygens (including phenoxy) is 1. The number of fused-ring (bicyclic) bond motifs is 1. The number of nitrogens with zero attached hydrogens (tertiary/aromatic N) is 3. The topological polar surface area (TPSA) is 109 Å². The predicted octanol–water partition coefficient (Wildman–Crippen LogP) is 2.67. The Morgan fingerprint density at radius 3 is 2.79 bits per heavy atom. The van der Waals surface area contributed by atoms with Gasteiger partial charge in [0.1, 0.15) is 18.0 Å². The van der Waals surface area contributed by atoms with Crippen LogP contribution >= 0.6 is 11.8 Å². The summed E-state index contributed by atoms with van der Waals surface area (Å²) in [6.45, 7) is 2.06. The van der Waals surface area contributed by atoms with Gasteiger partial charge in [-0.15, -0.1) is 11.8 Å². The van der Waals surface area contributed by atoms with Gasteiger partial charge in [-0.1, -0.05) is 24.3 Å². The Balaban J connectivity index is 1.38. The smallest absolute Gasteiger partial charge is 0.272 e. The average Bonchev–Trinajstić information content (AvgIpc) is 3.39. The number of para-hydroxylation sites is 2. The second-order valence-corrected chi connectivity index (χ2v) is 9.67. The van der Waals surface area contributed by atoms with Crippen molar-refractivity contribution in [2.75, 3.05) is 25.9 Å². The molecular formula is C24H28N6O2S. The van der Waals surface area contributed by atoms with Crippen molar-refractivity contribution in [1.29, 1.82) is 0 Å². The number of carbonyl (C=O) groups excluding carboxylic acids is 1. The standard InChI is InChI=1S/C24H28N6O2S/c1-30-11-9-16(10-12-30)32-21(22-26-18-7-2-3-8-19(18)27-22)15-5-4-6-17(13-15)33-14-20-23(31)29-24(25)28-20/h2-8,13,16,20-21H,9-12,14H2,1H3,(H,26,27)(H3,25,28,29,31). The Bertz CT molecular complexity index is 1140. The summed E-state index contributed by atoms with van der Waals surface area (Å²) in [4.78, 5) is 27.4. The quantitative estimate of drug-likeness (QED) is 0.461. The molecule has 8 nitrogen and oxygen atoms in total. The lowest BCUT2D eigenvalue weighted by Gasteiger charge is -2.31. The highest BCUT2D eigenvalue weighted by atomic mass is 32.2. The molecule has 0 spiro atoms. The Morgan fingerprint density at radius 1 is 1.21 bits per heavy atom. The maximum absolute atomic E-state index is 11.9. The number of nitrogens with two attached hydrogens (primary N) is 1. The fourth-order valence-corrected chi connectivity index (χ4v) is 5.22. The normalized spacial score (nSPS) is 20.7. The second-order valence-electron chi connectivity index (χ2n) is 8.57. The van der Waals surface area contributed by atoms with Crippen LogP contribution in [-0.2, 0) is 9.53 Å².